The molecule has 0 unspecified atom stereocenters. The zero-order valence-electron chi connectivity index (χ0n) is 14.6. The standard InChI is InChI=1S/C20H23N3O3/c24-19(14-6-3-4-7-15(14)20(25)26)21-13-9-10-17-16(12-13)22-18-8-2-1-5-11-23(17)18/h3-4,9-10,12,14-15H,1-2,5-8,11H2,(H,21,24)(H,25,26)/t14-,15+/m0/s1. The van der Waals surface area contributed by atoms with Crippen molar-refractivity contribution in [2.24, 2.45) is 11.8 Å². The smallest absolute Gasteiger partial charge is 0.307 e. The van der Waals surface area contributed by atoms with E-state index in [1.54, 1.807) is 0 Å². The summed E-state index contributed by atoms with van der Waals surface area (Å²) in [6.07, 6.45) is 9.15. The maximum Gasteiger partial charge on any atom is 0.307 e. The lowest BCUT2D eigenvalue weighted by molar-refractivity contribution is -0.146. The summed E-state index contributed by atoms with van der Waals surface area (Å²) < 4.78 is 2.28. The fraction of sp³-hybridized carbons (Fsp3) is 0.450. The molecule has 4 rings (SSSR count). The van der Waals surface area contributed by atoms with Crippen LogP contribution in [0.2, 0.25) is 0 Å². The molecule has 0 saturated carbocycles. The summed E-state index contributed by atoms with van der Waals surface area (Å²) in [5, 5.41) is 12.3. The predicted octanol–water partition coefficient (Wildman–Crippen LogP) is 3.37. The second-order valence-electron chi connectivity index (χ2n) is 7.18. The van der Waals surface area contributed by atoms with Crippen molar-refractivity contribution in [2.45, 2.75) is 45.1 Å². The van der Waals surface area contributed by atoms with Gasteiger partial charge in [0, 0.05) is 18.7 Å². The molecule has 0 fully saturated rings. The number of fused-ring (bicyclic) bond motifs is 3. The van der Waals surface area contributed by atoms with E-state index in [0.29, 0.717) is 18.5 Å². The minimum Gasteiger partial charge on any atom is -0.481 e. The average Bonchev–Trinajstić information content (AvgIpc) is 2.82. The van der Waals surface area contributed by atoms with E-state index < -0.39 is 17.8 Å². The third-order valence-electron chi connectivity index (χ3n) is 5.46. The van der Waals surface area contributed by atoms with Crippen LogP contribution >= 0.6 is 0 Å². The molecule has 136 valence electrons. The van der Waals surface area contributed by atoms with E-state index in [1.165, 1.54) is 19.3 Å². The van der Waals surface area contributed by atoms with Crippen LogP contribution in [0.4, 0.5) is 5.69 Å². The van der Waals surface area contributed by atoms with E-state index in [2.05, 4.69) is 9.88 Å². The number of hydrogen-bond donors (Lipinski definition) is 2. The van der Waals surface area contributed by atoms with Crippen LogP contribution in [-0.4, -0.2) is 26.5 Å². The fourth-order valence-corrected chi connectivity index (χ4v) is 4.04. The van der Waals surface area contributed by atoms with Gasteiger partial charge in [-0.1, -0.05) is 18.6 Å². The Morgan fingerprint density at radius 3 is 2.73 bits per heavy atom. The zero-order valence-corrected chi connectivity index (χ0v) is 14.6. The lowest BCUT2D eigenvalue weighted by Crippen LogP contribution is -2.34. The van der Waals surface area contributed by atoms with Gasteiger partial charge >= 0.3 is 5.97 Å². The molecular weight excluding hydrogens is 330 g/mol. The second-order valence-corrected chi connectivity index (χ2v) is 7.18. The number of nitrogens with zero attached hydrogens (tertiary/aromatic N) is 2. The Morgan fingerprint density at radius 2 is 1.92 bits per heavy atom. The molecule has 6 heteroatoms. The summed E-state index contributed by atoms with van der Waals surface area (Å²) >= 11 is 0. The molecule has 2 aromatic rings. The Labute approximate surface area is 151 Å². The van der Waals surface area contributed by atoms with Gasteiger partial charge in [0.05, 0.1) is 22.9 Å². The molecule has 1 aliphatic carbocycles. The second kappa shape index (κ2) is 6.94. The molecule has 0 bridgehead atoms. The maximum atomic E-state index is 12.6. The van der Waals surface area contributed by atoms with Crippen LogP contribution in [0.25, 0.3) is 11.0 Å². The van der Waals surface area contributed by atoms with Crippen molar-refractivity contribution in [2.75, 3.05) is 5.32 Å². The lowest BCUT2D eigenvalue weighted by atomic mass is 9.82. The van der Waals surface area contributed by atoms with E-state index in [4.69, 9.17) is 4.98 Å². The first-order valence-corrected chi connectivity index (χ1v) is 9.31. The molecule has 1 aliphatic heterocycles. The molecule has 26 heavy (non-hydrogen) atoms. The number of hydrogen-bond acceptors (Lipinski definition) is 3. The summed E-state index contributed by atoms with van der Waals surface area (Å²) in [4.78, 5) is 28.8. The van der Waals surface area contributed by atoms with Gasteiger partial charge in [-0.3, -0.25) is 9.59 Å². The number of aliphatic carboxylic acids is 1. The lowest BCUT2D eigenvalue weighted by Gasteiger charge is -2.24. The van der Waals surface area contributed by atoms with Gasteiger partial charge in [-0.05, 0) is 43.9 Å². The molecule has 2 atom stereocenters. The normalized spacial score (nSPS) is 22.6. The van der Waals surface area contributed by atoms with E-state index >= 15 is 0 Å². The van der Waals surface area contributed by atoms with E-state index in [0.717, 1.165) is 29.8 Å². The number of nitrogens with one attached hydrogen (secondary N) is 1. The minimum atomic E-state index is -0.914. The minimum absolute atomic E-state index is 0.234. The van der Waals surface area contributed by atoms with Crippen LogP contribution in [0.15, 0.2) is 30.4 Å². The van der Waals surface area contributed by atoms with Gasteiger partial charge in [-0.15, -0.1) is 0 Å². The number of anilines is 1. The monoisotopic (exact) mass is 353 g/mol. The van der Waals surface area contributed by atoms with E-state index in [-0.39, 0.29) is 5.91 Å². The number of carboxylic acid groups (broad SMARTS) is 1. The van der Waals surface area contributed by atoms with Crippen molar-refractivity contribution in [1.29, 1.82) is 0 Å². The summed E-state index contributed by atoms with van der Waals surface area (Å²) in [5.74, 6) is -1.23. The quantitative estimate of drug-likeness (QED) is 0.829. The molecule has 0 saturated heterocycles. The van der Waals surface area contributed by atoms with Crippen LogP contribution in [0.5, 0.6) is 0 Å². The highest BCUT2D eigenvalue weighted by atomic mass is 16.4. The Morgan fingerprint density at radius 1 is 1.12 bits per heavy atom. The van der Waals surface area contributed by atoms with Crippen molar-refractivity contribution in [3.05, 3.63) is 36.2 Å². The van der Waals surface area contributed by atoms with Crippen LogP contribution in [0.3, 0.4) is 0 Å². The molecule has 6 nitrogen and oxygen atoms in total. The van der Waals surface area contributed by atoms with E-state index in [9.17, 15) is 14.7 Å². The Hall–Kier alpha value is -2.63. The highest BCUT2D eigenvalue weighted by molar-refractivity contribution is 5.97. The number of carboxylic acids is 1. The number of carbonyl (C=O) groups excluding carboxylic acids is 1. The van der Waals surface area contributed by atoms with Crippen molar-refractivity contribution >= 4 is 28.6 Å². The third-order valence-corrected chi connectivity index (χ3v) is 5.46. The van der Waals surface area contributed by atoms with Crippen molar-refractivity contribution in [3.8, 4) is 0 Å². The highest BCUT2D eigenvalue weighted by Crippen LogP contribution is 2.28. The summed E-state index contributed by atoms with van der Waals surface area (Å²) in [6.45, 7) is 0.992. The van der Waals surface area contributed by atoms with Crippen LogP contribution < -0.4 is 5.32 Å². The van der Waals surface area contributed by atoms with Gasteiger partial charge < -0.3 is 15.0 Å². The maximum absolute atomic E-state index is 12.6. The Balaban J connectivity index is 1.56. The number of aromatic nitrogens is 2. The van der Waals surface area contributed by atoms with E-state index in [1.807, 2.05) is 30.4 Å². The molecule has 2 N–H and O–H groups in total. The summed E-state index contributed by atoms with van der Waals surface area (Å²) in [6, 6.07) is 5.78. The van der Waals surface area contributed by atoms with Gasteiger partial charge in [-0.2, -0.15) is 0 Å². The summed E-state index contributed by atoms with van der Waals surface area (Å²) in [5.41, 5.74) is 2.66. The van der Waals surface area contributed by atoms with Crippen molar-refractivity contribution < 1.29 is 14.7 Å². The SMILES string of the molecule is O=C(Nc1ccc2c(c1)nc1n2CCCCC1)[C@H]1CC=CC[C@H]1C(=O)O. The van der Waals surface area contributed by atoms with Gasteiger partial charge in [-0.25, -0.2) is 4.98 Å². The largest absolute Gasteiger partial charge is 0.481 e. The first kappa shape index (κ1) is 16.8. The molecule has 0 spiro atoms. The molecular formula is C20H23N3O3. The number of amides is 1. The van der Waals surface area contributed by atoms with Gasteiger partial charge in [0.2, 0.25) is 5.91 Å². The van der Waals surface area contributed by atoms with Crippen LogP contribution in [-0.2, 0) is 22.6 Å². The first-order chi connectivity index (χ1) is 12.6. The number of rotatable bonds is 3. The topological polar surface area (TPSA) is 84.2 Å². The zero-order chi connectivity index (χ0) is 18.1. The number of carbonyl (C=O) groups is 2. The molecule has 1 amide bonds. The number of allylic oxidation sites excluding steroid dienone is 2. The molecule has 0 radical (unpaired) electrons. The Bertz CT molecular complexity index is 884. The molecule has 2 aliphatic rings. The van der Waals surface area contributed by atoms with Crippen LogP contribution in [0, 0.1) is 11.8 Å². The summed E-state index contributed by atoms with van der Waals surface area (Å²) in [7, 11) is 0. The first-order valence-electron chi connectivity index (χ1n) is 9.31. The average molecular weight is 353 g/mol. The molecule has 1 aromatic carbocycles. The highest BCUT2D eigenvalue weighted by Gasteiger charge is 2.34. The number of aryl methyl sites for hydroxylation is 2. The van der Waals surface area contributed by atoms with Gasteiger partial charge in [0.15, 0.2) is 0 Å². The number of imidazole rings is 1. The van der Waals surface area contributed by atoms with Crippen molar-refractivity contribution in [3.63, 3.8) is 0 Å². The van der Waals surface area contributed by atoms with Gasteiger partial charge in [0.25, 0.3) is 0 Å². The van der Waals surface area contributed by atoms with Crippen molar-refractivity contribution in [1.82, 2.24) is 9.55 Å². The molecule has 2 heterocycles. The van der Waals surface area contributed by atoms with Gasteiger partial charge in [0.1, 0.15) is 5.82 Å². The van der Waals surface area contributed by atoms with Crippen LogP contribution in [0.1, 0.15) is 37.9 Å². The molecule has 1 aromatic heterocycles. The predicted molar refractivity (Wildman–Crippen MR) is 98.9 cm³/mol. The number of benzene rings is 1. The third kappa shape index (κ3) is 3.11. The Kier molecular flexibility index (Phi) is 4.49. The fourth-order valence-electron chi connectivity index (χ4n) is 4.04.